The van der Waals surface area contributed by atoms with E-state index in [1.54, 1.807) is 19.1 Å². The van der Waals surface area contributed by atoms with E-state index in [0.717, 1.165) is 0 Å². The Hall–Kier alpha value is -2.64. The fourth-order valence-electron chi connectivity index (χ4n) is 1.71. The van der Waals surface area contributed by atoms with Crippen LogP contribution in [0.5, 0.6) is 5.75 Å². The van der Waals surface area contributed by atoms with E-state index in [-0.39, 0.29) is 18.0 Å². The molecule has 0 saturated carbocycles. The van der Waals surface area contributed by atoms with Gasteiger partial charge in [0.05, 0.1) is 12.0 Å². The number of hydrogen-bond acceptors (Lipinski definition) is 6. The van der Waals surface area contributed by atoms with E-state index in [2.05, 4.69) is 10.1 Å². The molecule has 1 aromatic carbocycles. The fourth-order valence-corrected chi connectivity index (χ4v) is 1.71. The maximum Gasteiger partial charge on any atom is 0.331 e. The zero-order chi connectivity index (χ0) is 16.0. The minimum absolute atomic E-state index is 0.0271. The average molecular weight is 296 g/mol. The highest BCUT2D eigenvalue weighted by atomic mass is 16.6. The maximum absolute atomic E-state index is 11.5. The normalized spacial score (nSPS) is 11.4. The summed E-state index contributed by atoms with van der Waals surface area (Å²) in [6, 6.07) is 3.57. The number of methoxy groups -OCH3 is 1. The third-order valence-corrected chi connectivity index (χ3v) is 2.65. The van der Waals surface area contributed by atoms with Gasteiger partial charge in [0.1, 0.15) is 6.61 Å². The van der Waals surface area contributed by atoms with Gasteiger partial charge in [-0.1, -0.05) is 12.1 Å². The summed E-state index contributed by atoms with van der Waals surface area (Å²) >= 11 is 0. The predicted octanol–water partition coefficient (Wildman–Crippen LogP) is 0.960. The van der Waals surface area contributed by atoms with Gasteiger partial charge in [-0.3, -0.25) is 14.9 Å². The summed E-state index contributed by atoms with van der Waals surface area (Å²) in [4.78, 5) is 33.0. The number of carbonyl (C=O) groups is 2. The van der Waals surface area contributed by atoms with Gasteiger partial charge in [-0.25, -0.2) is 4.79 Å². The molecule has 0 aliphatic carbocycles. The first-order valence-corrected chi connectivity index (χ1v) is 6.08. The van der Waals surface area contributed by atoms with Gasteiger partial charge in [0, 0.05) is 12.5 Å². The van der Waals surface area contributed by atoms with Crippen LogP contribution in [0.15, 0.2) is 18.2 Å². The van der Waals surface area contributed by atoms with Gasteiger partial charge >= 0.3 is 11.7 Å². The predicted molar refractivity (Wildman–Crippen MR) is 72.9 cm³/mol. The molecule has 0 aliphatic heterocycles. The van der Waals surface area contributed by atoms with Gasteiger partial charge < -0.3 is 14.8 Å². The lowest BCUT2D eigenvalue weighted by molar-refractivity contribution is -0.386. The smallest absolute Gasteiger partial charge is 0.331 e. The molecule has 114 valence electrons. The maximum atomic E-state index is 11.5. The minimum Gasteiger partial charge on any atom is -0.484 e. The van der Waals surface area contributed by atoms with Crippen LogP contribution in [0.1, 0.15) is 12.5 Å². The second-order valence-electron chi connectivity index (χ2n) is 4.27. The average Bonchev–Trinajstić information content (AvgIpc) is 2.41. The molecule has 0 heterocycles. The number of amides is 1. The van der Waals surface area contributed by atoms with Gasteiger partial charge in [0.25, 0.3) is 0 Å². The summed E-state index contributed by atoms with van der Waals surface area (Å²) in [5.74, 6) is -1.10. The van der Waals surface area contributed by atoms with Crippen LogP contribution in [0.25, 0.3) is 0 Å². The number of nitro benzene ring substituents is 1. The zero-order valence-electron chi connectivity index (χ0n) is 11.9. The Labute approximate surface area is 121 Å². The molecule has 8 heteroatoms. The Morgan fingerprint density at radius 2 is 2.10 bits per heavy atom. The van der Waals surface area contributed by atoms with Crippen LogP contribution in [0, 0.1) is 17.0 Å². The van der Waals surface area contributed by atoms with Crippen LogP contribution in [0.4, 0.5) is 5.69 Å². The number of nitro groups is 1. The van der Waals surface area contributed by atoms with E-state index >= 15 is 0 Å². The van der Waals surface area contributed by atoms with Crippen LogP contribution >= 0.6 is 0 Å². The molecule has 0 spiro atoms. The molecule has 0 saturated heterocycles. The van der Waals surface area contributed by atoms with Crippen molar-refractivity contribution in [2.45, 2.75) is 19.9 Å². The molecule has 1 atom stereocenters. The highest BCUT2D eigenvalue weighted by Gasteiger charge is 2.24. The van der Waals surface area contributed by atoms with E-state index in [0.29, 0.717) is 5.56 Å². The number of nitrogens with one attached hydrogen (secondary N) is 1. The molecule has 0 fully saturated rings. The topological polar surface area (TPSA) is 108 Å². The van der Waals surface area contributed by atoms with Crippen LogP contribution in [0.2, 0.25) is 0 Å². The third kappa shape index (κ3) is 4.44. The van der Waals surface area contributed by atoms with E-state index in [1.807, 2.05) is 0 Å². The Morgan fingerprint density at radius 1 is 1.43 bits per heavy atom. The van der Waals surface area contributed by atoms with Crippen molar-refractivity contribution >= 4 is 17.6 Å². The number of para-hydroxylation sites is 1. The molecule has 8 nitrogen and oxygen atoms in total. The van der Waals surface area contributed by atoms with Crippen molar-refractivity contribution in [1.29, 1.82) is 0 Å². The number of benzene rings is 1. The zero-order valence-corrected chi connectivity index (χ0v) is 11.9. The Bertz CT molecular complexity index is 558. The number of esters is 1. The second-order valence-corrected chi connectivity index (χ2v) is 4.27. The highest BCUT2D eigenvalue weighted by Crippen LogP contribution is 2.30. The molecule has 0 bridgehead atoms. The quantitative estimate of drug-likeness (QED) is 0.476. The number of aryl methyl sites for hydroxylation is 1. The van der Waals surface area contributed by atoms with E-state index < -0.39 is 22.8 Å². The van der Waals surface area contributed by atoms with Crippen molar-refractivity contribution < 1.29 is 24.0 Å². The molecule has 1 amide bonds. The molecule has 1 N–H and O–H groups in total. The van der Waals surface area contributed by atoms with Crippen molar-refractivity contribution in [2.24, 2.45) is 0 Å². The van der Waals surface area contributed by atoms with Crippen LogP contribution in [-0.4, -0.2) is 36.6 Å². The Balaban J connectivity index is 2.90. The van der Waals surface area contributed by atoms with Gasteiger partial charge in [-0.05, 0) is 13.0 Å². The molecule has 1 rings (SSSR count). The van der Waals surface area contributed by atoms with Gasteiger partial charge in [0.2, 0.25) is 5.91 Å². The third-order valence-electron chi connectivity index (χ3n) is 2.65. The van der Waals surface area contributed by atoms with Crippen LogP contribution < -0.4 is 10.1 Å². The number of ether oxygens (including phenoxy) is 2. The first kappa shape index (κ1) is 16.4. The summed E-state index contributed by atoms with van der Waals surface area (Å²) in [5, 5.41) is 13.4. The minimum atomic E-state index is -1.03. The van der Waals surface area contributed by atoms with Gasteiger partial charge in [-0.2, -0.15) is 0 Å². The lowest BCUT2D eigenvalue weighted by Gasteiger charge is -2.16. The summed E-state index contributed by atoms with van der Waals surface area (Å²) < 4.78 is 9.84. The molecule has 1 unspecified atom stereocenters. The van der Waals surface area contributed by atoms with Crippen molar-refractivity contribution in [3.63, 3.8) is 0 Å². The van der Waals surface area contributed by atoms with Crippen molar-refractivity contribution in [2.75, 3.05) is 13.7 Å². The Morgan fingerprint density at radius 3 is 2.62 bits per heavy atom. The summed E-state index contributed by atoms with van der Waals surface area (Å²) in [7, 11) is 1.17. The van der Waals surface area contributed by atoms with E-state index in [1.165, 1.54) is 20.1 Å². The van der Waals surface area contributed by atoms with Crippen LogP contribution in [0.3, 0.4) is 0 Å². The van der Waals surface area contributed by atoms with Crippen molar-refractivity contribution in [1.82, 2.24) is 5.32 Å². The highest BCUT2D eigenvalue weighted by molar-refractivity contribution is 5.83. The molecular formula is C13H16N2O6. The largest absolute Gasteiger partial charge is 0.484 e. The molecule has 0 radical (unpaired) electrons. The first-order chi connectivity index (χ1) is 9.86. The lowest BCUT2D eigenvalue weighted by Crippen LogP contribution is -2.44. The van der Waals surface area contributed by atoms with Gasteiger partial charge in [-0.15, -0.1) is 0 Å². The SMILES string of the molecule is COC(=O)C(COc1cccc(C)c1[N+](=O)[O-])NC(C)=O. The standard InChI is InChI=1S/C13H16N2O6/c1-8-5-4-6-11(12(8)15(18)19)21-7-10(13(17)20-3)14-9(2)16/h4-6,10H,7H2,1-3H3,(H,14,16). The molecule has 0 aliphatic rings. The monoisotopic (exact) mass is 296 g/mol. The molecule has 21 heavy (non-hydrogen) atoms. The van der Waals surface area contributed by atoms with E-state index in [9.17, 15) is 19.7 Å². The second kappa shape index (κ2) is 7.22. The molecule has 0 aromatic heterocycles. The Kier molecular flexibility index (Phi) is 5.65. The number of nitrogens with zero attached hydrogens (tertiary/aromatic N) is 1. The summed E-state index contributed by atoms with van der Waals surface area (Å²) in [6.45, 7) is 2.55. The van der Waals surface area contributed by atoms with Crippen molar-refractivity contribution in [3.8, 4) is 5.75 Å². The van der Waals surface area contributed by atoms with Crippen molar-refractivity contribution in [3.05, 3.63) is 33.9 Å². The molecule has 1 aromatic rings. The van der Waals surface area contributed by atoms with Crippen LogP contribution in [-0.2, 0) is 14.3 Å². The summed E-state index contributed by atoms with van der Waals surface area (Å²) in [6.07, 6.45) is 0. The summed E-state index contributed by atoms with van der Waals surface area (Å²) in [5.41, 5.74) is 0.260. The fraction of sp³-hybridized carbons (Fsp3) is 0.385. The van der Waals surface area contributed by atoms with Gasteiger partial charge in [0.15, 0.2) is 11.8 Å². The number of rotatable bonds is 6. The number of hydrogen-bond donors (Lipinski definition) is 1. The van der Waals surface area contributed by atoms with E-state index in [4.69, 9.17) is 4.74 Å². The number of carbonyl (C=O) groups excluding carboxylic acids is 2. The lowest BCUT2D eigenvalue weighted by atomic mass is 10.2. The first-order valence-electron chi connectivity index (χ1n) is 6.08. The molecular weight excluding hydrogens is 280 g/mol.